The van der Waals surface area contributed by atoms with Gasteiger partial charge in [-0.2, -0.15) is 5.10 Å². The maximum atomic E-state index is 12.5. The van der Waals surface area contributed by atoms with Crippen molar-refractivity contribution < 1.29 is 9.53 Å². The zero-order valence-electron chi connectivity index (χ0n) is 10.9. The summed E-state index contributed by atoms with van der Waals surface area (Å²) in [6.07, 6.45) is 1.06. The molecule has 1 aliphatic heterocycles. The topological polar surface area (TPSA) is 58.2 Å². The van der Waals surface area contributed by atoms with Crippen LogP contribution in [-0.2, 0) is 4.74 Å². The molecular weight excluding hydrogens is 242 g/mol. The molecule has 1 atom stereocenters. The first-order valence-electron chi connectivity index (χ1n) is 6.63. The quantitative estimate of drug-likeness (QED) is 0.895. The van der Waals surface area contributed by atoms with Crippen molar-refractivity contribution in [3.8, 4) is 0 Å². The van der Waals surface area contributed by atoms with E-state index in [1.807, 2.05) is 29.2 Å². The molecule has 0 bridgehead atoms. The number of benzene rings is 1. The highest BCUT2D eigenvalue weighted by molar-refractivity contribution is 6.04. The SMILES string of the molecule is CCC1CN(C(=O)c2n[nH]c3ccccc23)CCO1. The van der Waals surface area contributed by atoms with E-state index < -0.39 is 0 Å². The van der Waals surface area contributed by atoms with Gasteiger partial charge in [0.25, 0.3) is 5.91 Å². The minimum Gasteiger partial charge on any atom is -0.375 e. The minimum absolute atomic E-state index is 0.0146. The number of nitrogens with zero attached hydrogens (tertiary/aromatic N) is 2. The molecule has 2 heterocycles. The van der Waals surface area contributed by atoms with Crippen molar-refractivity contribution in [3.05, 3.63) is 30.0 Å². The largest absolute Gasteiger partial charge is 0.375 e. The Labute approximate surface area is 111 Å². The van der Waals surface area contributed by atoms with Crippen molar-refractivity contribution in [1.82, 2.24) is 15.1 Å². The molecule has 1 aromatic heterocycles. The second kappa shape index (κ2) is 5.01. The Hall–Kier alpha value is -1.88. The van der Waals surface area contributed by atoms with Crippen LogP contribution in [0.15, 0.2) is 24.3 Å². The first-order valence-corrected chi connectivity index (χ1v) is 6.63. The summed E-state index contributed by atoms with van der Waals surface area (Å²) < 4.78 is 5.59. The van der Waals surface area contributed by atoms with Gasteiger partial charge >= 0.3 is 0 Å². The maximum Gasteiger partial charge on any atom is 0.275 e. The van der Waals surface area contributed by atoms with Crippen LogP contribution >= 0.6 is 0 Å². The lowest BCUT2D eigenvalue weighted by Crippen LogP contribution is -2.45. The van der Waals surface area contributed by atoms with E-state index in [1.165, 1.54) is 0 Å². The average molecular weight is 259 g/mol. The number of carbonyl (C=O) groups is 1. The normalized spacial score (nSPS) is 19.8. The lowest BCUT2D eigenvalue weighted by molar-refractivity contribution is -0.0227. The molecule has 0 spiro atoms. The molecule has 3 rings (SSSR count). The summed E-state index contributed by atoms with van der Waals surface area (Å²) in [5, 5.41) is 7.95. The number of morpholine rings is 1. The van der Waals surface area contributed by atoms with E-state index in [-0.39, 0.29) is 12.0 Å². The first kappa shape index (κ1) is 12.2. The van der Waals surface area contributed by atoms with Crippen molar-refractivity contribution in [2.75, 3.05) is 19.7 Å². The molecule has 1 aliphatic rings. The zero-order chi connectivity index (χ0) is 13.2. The van der Waals surface area contributed by atoms with Crippen molar-refractivity contribution in [3.63, 3.8) is 0 Å². The molecule has 1 aromatic carbocycles. The summed E-state index contributed by atoms with van der Waals surface area (Å²) in [5.74, 6) is -0.0146. The fourth-order valence-corrected chi connectivity index (χ4v) is 2.43. The molecule has 5 heteroatoms. The number of aromatic amines is 1. The van der Waals surface area contributed by atoms with E-state index in [9.17, 15) is 4.79 Å². The number of para-hydroxylation sites is 1. The summed E-state index contributed by atoms with van der Waals surface area (Å²) >= 11 is 0. The molecule has 19 heavy (non-hydrogen) atoms. The van der Waals surface area contributed by atoms with Crippen LogP contribution in [0.2, 0.25) is 0 Å². The van der Waals surface area contributed by atoms with Crippen molar-refractivity contribution in [2.45, 2.75) is 19.4 Å². The highest BCUT2D eigenvalue weighted by Gasteiger charge is 2.26. The lowest BCUT2D eigenvalue weighted by atomic mass is 10.1. The van der Waals surface area contributed by atoms with Gasteiger partial charge in [0.05, 0.1) is 18.2 Å². The first-order chi connectivity index (χ1) is 9.29. The maximum absolute atomic E-state index is 12.5. The number of rotatable bonds is 2. The Kier molecular flexibility index (Phi) is 3.21. The van der Waals surface area contributed by atoms with Crippen LogP contribution in [0, 0.1) is 0 Å². The predicted octanol–water partition coefficient (Wildman–Crippen LogP) is 1.81. The Morgan fingerprint density at radius 1 is 1.53 bits per heavy atom. The molecule has 1 unspecified atom stereocenters. The molecule has 2 aromatic rings. The van der Waals surface area contributed by atoms with Gasteiger partial charge in [0.2, 0.25) is 0 Å². The Morgan fingerprint density at radius 2 is 2.37 bits per heavy atom. The third-order valence-electron chi connectivity index (χ3n) is 3.55. The van der Waals surface area contributed by atoms with Crippen molar-refractivity contribution >= 4 is 16.8 Å². The van der Waals surface area contributed by atoms with Crippen LogP contribution < -0.4 is 0 Å². The monoisotopic (exact) mass is 259 g/mol. The average Bonchev–Trinajstić information content (AvgIpc) is 2.90. The minimum atomic E-state index is -0.0146. The van der Waals surface area contributed by atoms with Gasteiger partial charge in [0.15, 0.2) is 5.69 Å². The fourth-order valence-electron chi connectivity index (χ4n) is 2.43. The van der Waals surface area contributed by atoms with E-state index in [0.717, 1.165) is 17.3 Å². The molecule has 0 radical (unpaired) electrons. The lowest BCUT2D eigenvalue weighted by Gasteiger charge is -2.32. The number of amides is 1. The summed E-state index contributed by atoms with van der Waals surface area (Å²) in [6.45, 7) is 3.96. The van der Waals surface area contributed by atoms with Crippen LogP contribution in [-0.4, -0.2) is 46.8 Å². The van der Waals surface area contributed by atoms with Crippen LogP contribution in [0.4, 0.5) is 0 Å². The summed E-state index contributed by atoms with van der Waals surface area (Å²) in [6, 6.07) is 7.69. The summed E-state index contributed by atoms with van der Waals surface area (Å²) in [4.78, 5) is 14.4. The third kappa shape index (κ3) is 2.21. The summed E-state index contributed by atoms with van der Waals surface area (Å²) in [5.41, 5.74) is 1.40. The number of nitrogens with one attached hydrogen (secondary N) is 1. The summed E-state index contributed by atoms with van der Waals surface area (Å²) in [7, 11) is 0. The highest BCUT2D eigenvalue weighted by Crippen LogP contribution is 2.18. The van der Waals surface area contributed by atoms with Gasteiger partial charge in [-0.15, -0.1) is 0 Å². The molecule has 100 valence electrons. The third-order valence-corrected chi connectivity index (χ3v) is 3.55. The van der Waals surface area contributed by atoms with Crippen LogP contribution in [0.5, 0.6) is 0 Å². The second-order valence-corrected chi connectivity index (χ2v) is 4.77. The predicted molar refractivity (Wildman–Crippen MR) is 72.0 cm³/mol. The second-order valence-electron chi connectivity index (χ2n) is 4.77. The van der Waals surface area contributed by atoms with E-state index in [0.29, 0.717) is 25.4 Å². The van der Waals surface area contributed by atoms with E-state index in [4.69, 9.17) is 4.74 Å². The van der Waals surface area contributed by atoms with Crippen LogP contribution in [0.25, 0.3) is 10.9 Å². The molecular formula is C14H17N3O2. The Bertz CT molecular complexity index is 593. The zero-order valence-corrected chi connectivity index (χ0v) is 10.9. The number of aromatic nitrogens is 2. The van der Waals surface area contributed by atoms with Gasteiger partial charge in [-0.1, -0.05) is 25.1 Å². The number of carbonyl (C=O) groups excluding carboxylic acids is 1. The van der Waals surface area contributed by atoms with Gasteiger partial charge < -0.3 is 9.64 Å². The highest BCUT2D eigenvalue weighted by atomic mass is 16.5. The standard InChI is InChI=1S/C14H17N3O2/c1-2-10-9-17(7-8-19-10)14(18)13-11-5-3-4-6-12(11)15-16-13/h3-6,10H,2,7-9H2,1H3,(H,15,16). The number of H-pyrrole nitrogens is 1. The smallest absolute Gasteiger partial charge is 0.275 e. The molecule has 1 saturated heterocycles. The Morgan fingerprint density at radius 3 is 3.21 bits per heavy atom. The molecule has 1 fully saturated rings. The fraction of sp³-hybridized carbons (Fsp3) is 0.429. The molecule has 5 nitrogen and oxygen atoms in total. The van der Waals surface area contributed by atoms with Crippen LogP contribution in [0.1, 0.15) is 23.8 Å². The van der Waals surface area contributed by atoms with Crippen LogP contribution in [0.3, 0.4) is 0 Å². The number of ether oxygens (including phenoxy) is 1. The van der Waals surface area contributed by atoms with E-state index in [1.54, 1.807) is 0 Å². The van der Waals surface area contributed by atoms with Gasteiger partial charge in [-0.05, 0) is 12.5 Å². The van der Waals surface area contributed by atoms with Gasteiger partial charge in [0.1, 0.15) is 0 Å². The van der Waals surface area contributed by atoms with Crippen molar-refractivity contribution in [2.24, 2.45) is 0 Å². The van der Waals surface area contributed by atoms with Gasteiger partial charge in [0, 0.05) is 18.5 Å². The van der Waals surface area contributed by atoms with Gasteiger partial charge in [-0.25, -0.2) is 0 Å². The number of hydrogen-bond donors (Lipinski definition) is 1. The number of hydrogen-bond acceptors (Lipinski definition) is 3. The van der Waals surface area contributed by atoms with E-state index >= 15 is 0 Å². The van der Waals surface area contributed by atoms with E-state index in [2.05, 4.69) is 17.1 Å². The molecule has 1 amide bonds. The van der Waals surface area contributed by atoms with Crippen molar-refractivity contribution in [1.29, 1.82) is 0 Å². The molecule has 1 N–H and O–H groups in total. The molecule has 0 saturated carbocycles. The van der Waals surface area contributed by atoms with Gasteiger partial charge in [-0.3, -0.25) is 9.89 Å². The molecule has 0 aliphatic carbocycles. The number of fused-ring (bicyclic) bond motifs is 1. The Balaban J connectivity index is 1.87.